The molecule has 6 nitrogen and oxygen atoms in total. The van der Waals surface area contributed by atoms with Gasteiger partial charge < -0.3 is 5.32 Å². The van der Waals surface area contributed by atoms with Gasteiger partial charge in [-0.15, -0.1) is 0 Å². The maximum Gasteiger partial charge on any atom is 0.244 e. The van der Waals surface area contributed by atoms with E-state index in [1.807, 2.05) is 6.07 Å². The number of anilines is 1. The number of sulfonamides is 1. The summed E-state index contributed by atoms with van der Waals surface area (Å²) in [6.07, 6.45) is 3.75. The zero-order chi connectivity index (χ0) is 19.3. The zero-order valence-electron chi connectivity index (χ0n) is 14.6. The average molecular weight is 381 g/mol. The van der Waals surface area contributed by atoms with Gasteiger partial charge in [-0.3, -0.25) is 9.10 Å². The Morgan fingerprint density at radius 3 is 2.44 bits per heavy atom. The van der Waals surface area contributed by atoms with E-state index in [0.717, 1.165) is 11.1 Å². The molecule has 1 fully saturated rings. The smallest absolute Gasteiger partial charge is 0.244 e. The summed E-state index contributed by atoms with van der Waals surface area (Å²) in [5.41, 5.74) is 2.95. The first-order chi connectivity index (χ1) is 13.0. The van der Waals surface area contributed by atoms with Gasteiger partial charge in [-0.05, 0) is 47.9 Å². The second kappa shape index (κ2) is 8.06. The van der Waals surface area contributed by atoms with Gasteiger partial charge in [0.25, 0.3) is 0 Å². The number of carbonyl (C=O) groups excluding carboxylic acids is 1. The highest BCUT2D eigenvalue weighted by atomic mass is 32.2. The van der Waals surface area contributed by atoms with Crippen LogP contribution in [0.15, 0.2) is 54.6 Å². The van der Waals surface area contributed by atoms with Crippen molar-refractivity contribution in [3.8, 4) is 6.07 Å². The molecule has 2 aromatic carbocycles. The molecule has 1 amide bonds. The van der Waals surface area contributed by atoms with Crippen molar-refractivity contribution in [1.82, 2.24) is 5.32 Å². The molecule has 0 spiro atoms. The van der Waals surface area contributed by atoms with Crippen LogP contribution in [-0.2, 0) is 21.4 Å². The number of nitriles is 1. The highest BCUT2D eigenvalue weighted by molar-refractivity contribution is 7.93. The van der Waals surface area contributed by atoms with Crippen molar-refractivity contribution < 1.29 is 13.2 Å². The van der Waals surface area contributed by atoms with Crippen LogP contribution in [0.4, 0.5) is 5.69 Å². The molecule has 0 aliphatic carbocycles. The van der Waals surface area contributed by atoms with E-state index in [1.54, 1.807) is 54.6 Å². The lowest BCUT2D eigenvalue weighted by Gasteiger charge is -2.16. The maximum atomic E-state index is 11.9. The lowest BCUT2D eigenvalue weighted by molar-refractivity contribution is -0.116. The van der Waals surface area contributed by atoms with Crippen molar-refractivity contribution in [2.24, 2.45) is 0 Å². The zero-order valence-corrected chi connectivity index (χ0v) is 15.4. The molecule has 0 radical (unpaired) electrons. The minimum absolute atomic E-state index is 0.189. The molecular formula is C20H19N3O3S. The first kappa shape index (κ1) is 18.7. The molecule has 0 bridgehead atoms. The summed E-state index contributed by atoms with van der Waals surface area (Å²) in [5, 5.41) is 11.5. The van der Waals surface area contributed by atoms with Gasteiger partial charge in [0.05, 0.1) is 23.1 Å². The molecule has 0 aromatic heterocycles. The van der Waals surface area contributed by atoms with Gasteiger partial charge >= 0.3 is 0 Å². The Labute approximate surface area is 158 Å². The van der Waals surface area contributed by atoms with Gasteiger partial charge in [0.1, 0.15) is 0 Å². The molecule has 7 heteroatoms. The SMILES string of the molecule is N#Cc1ccc(CNC(=O)/C=C/c2ccc(N3CCCS3(=O)=O)cc2)cc1. The van der Waals surface area contributed by atoms with E-state index < -0.39 is 10.0 Å². The fraction of sp³-hybridized carbons (Fsp3) is 0.200. The molecule has 0 saturated carbocycles. The van der Waals surface area contributed by atoms with Crippen LogP contribution in [0.2, 0.25) is 0 Å². The second-order valence-corrected chi connectivity index (χ2v) is 8.21. The summed E-state index contributed by atoms with van der Waals surface area (Å²) in [5.74, 6) is -0.0424. The van der Waals surface area contributed by atoms with Gasteiger partial charge in [0, 0.05) is 19.2 Å². The van der Waals surface area contributed by atoms with Crippen molar-refractivity contribution in [3.05, 3.63) is 71.3 Å². The van der Waals surface area contributed by atoms with E-state index in [2.05, 4.69) is 5.32 Å². The van der Waals surface area contributed by atoms with Crippen molar-refractivity contribution in [1.29, 1.82) is 5.26 Å². The normalized spacial score (nSPS) is 15.6. The van der Waals surface area contributed by atoms with Crippen LogP contribution in [0.25, 0.3) is 6.08 Å². The number of nitrogens with one attached hydrogen (secondary N) is 1. The fourth-order valence-electron chi connectivity index (χ4n) is 2.80. The van der Waals surface area contributed by atoms with E-state index in [0.29, 0.717) is 30.8 Å². The Bertz CT molecular complexity index is 988. The number of hydrogen-bond donors (Lipinski definition) is 1. The van der Waals surface area contributed by atoms with Crippen molar-refractivity contribution in [3.63, 3.8) is 0 Å². The lowest BCUT2D eigenvalue weighted by Crippen LogP contribution is -2.24. The van der Waals surface area contributed by atoms with Crippen LogP contribution in [0.3, 0.4) is 0 Å². The van der Waals surface area contributed by atoms with Gasteiger partial charge in [0.2, 0.25) is 15.9 Å². The Morgan fingerprint density at radius 1 is 1.15 bits per heavy atom. The summed E-state index contributed by atoms with van der Waals surface area (Å²) >= 11 is 0. The van der Waals surface area contributed by atoms with Crippen LogP contribution in [0, 0.1) is 11.3 Å². The topological polar surface area (TPSA) is 90.3 Å². The summed E-state index contributed by atoms with van der Waals surface area (Å²) in [4.78, 5) is 11.9. The number of rotatable bonds is 5. The minimum Gasteiger partial charge on any atom is -0.348 e. The fourth-order valence-corrected chi connectivity index (χ4v) is 4.36. The number of hydrogen-bond acceptors (Lipinski definition) is 4. The molecule has 0 unspecified atom stereocenters. The largest absolute Gasteiger partial charge is 0.348 e. The van der Waals surface area contributed by atoms with E-state index >= 15 is 0 Å². The standard InChI is InChI=1S/C20H19N3O3S/c21-14-17-2-4-18(5-3-17)15-22-20(24)11-8-16-6-9-19(10-7-16)23-12-1-13-27(23,25)26/h2-11H,1,12-13,15H2,(H,22,24)/b11-8+. The van der Waals surface area contributed by atoms with Crippen LogP contribution >= 0.6 is 0 Å². The van der Waals surface area contributed by atoms with Crippen molar-refractivity contribution in [2.45, 2.75) is 13.0 Å². The highest BCUT2D eigenvalue weighted by Gasteiger charge is 2.28. The second-order valence-electron chi connectivity index (χ2n) is 6.19. The van der Waals surface area contributed by atoms with Crippen LogP contribution in [0.5, 0.6) is 0 Å². The minimum atomic E-state index is -3.18. The number of nitrogens with zero attached hydrogens (tertiary/aromatic N) is 2. The first-order valence-corrected chi connectivity index (χ1v) is 10.1. The van der Waals surface area contributed by atoms with E-state index in [1.165, 1.54) is 10.4 Å². The summed E-state index contributed by atoms with van der Waals surface area (Å²) in [7, 11) is -3.18. The van der Waals surface area contributed by atoms with Crippen LogP contribution < -0.4 is 9.62 Å². The molecule has 27 heavy (non-hydrogen) atoms. The number of benzene rings is 2. The summed E-state index contributed by atoms with van der Waals surface area (Å²) < 4.78 is 25.3. The summed E-state index contributed by atoms with van der Waals surface area (Å²) in [6, 6.07) is 16.1. The van der Waals surface area contributed by atoms with Gasteiger partial charge in [-0.1, -0.05) is 24.3 Å². The molecule has 1 N–H and O–H groups in total. The molecule has 0 atom stereocenters. The predicted octanol–water partition coefficient (Wildman–Crippen LogP) is 2.43. The molecular weight excluding hydrogens is 362 g/mol. The maximum absolute atomic E-state index is 11.9. The van der Waals surface area contributed by atoms with Gasteiger partial charge in [-0.25, -0.2) is 8.42 Å². The highest BCUT2D eigenvalue weighted by Crippen LogP contribution is 2.24. The number of carbonyl (C=O) groups is 1. The third-order valence-corrected chi connectivity index (χ3v) is 6.13. The molecule has 2 aromatic rings. The Hall–Kier alpha value is -3.11. The molecule has 1 aliphatic rings. The van der Waals surface area contributed by atoms with Gasteiger partial charge in [0.15, 0.2) is 0 Å². The quantitative estimate of drug-likeness (QED) is 0.806. The predicted molar refractivity (Wildman–Crippen MR) is 104 cm³/mol. The van der Waals surface area contributed by atoms with E-state index in [4.69, 9.17) is 5.26 Å². The number of amides is 1. The lowest BCUT2D eigenvalue weighted by atomic mass is 10.1. The average Bonchev–Trinajstić information content (AvgIpc) is 3.04. The van der Waals surface area contributed by atoms with Crippen LogP contribution in [0.1, 0.15) is 23.1 Å². The Balaban J connectivity index is 1.55. The molecule has 1 saturated heterocycles. The first-order valence-electron chi connectivity index (χ1n) is 8.53. The van der Waals surface area contributed by atoms with Gasteiger partial charge in [-0.2, -0.15) is 5.26 Å². The van der Waals surface area contributed by atoms with Crippen molar-refractivity contribution in [2.75, 3.05) is 16.6 Å². The third kappa shape index (κ3) is 4.74. The molecule has 1 heterocycles. The molecule has 1 aliphatic heterocycles. The summed E-state index contributed by atoms with van der Waals surface area (Å²) in [6.45, 7) is 0.885. The van der Waals surface area contributed by atoms with E-state index in [-0.39, 0.29) is 11.7 Å². The molecule has 138 valence electrons. The van der Waals surface area contributed by atoms with Crippen LogP contribution in [-0.4, -0.2) is 26.6 Å². The molecule has 3 rings (SSSR count). The Morgan fingerprint density at radius 2 is 1.85 bits per heavy atom. The Kier molecular flexibility index (Phi) is 5.57. The monoisotopic (exact) mass is 381 g/mol. The van der Waals surface area contributed by atoms with Crippen molar-refractivity contribution >= 4 is 27.7 Å². The third-order valence-electron chi connectivity index (χ3n) is 4.26. The van der Waals surface area contributed by atoms with E-state index in [9.17, 15) is 13.2 Å².